The number of hydrogen-bond donors (Lipinski definition) is 3. The van der Waals surface area contributed by atoms with Gasteiger partial charge < -0.3 is 4.98 Å². The number of fused-ring (bicyclic) bond motifs is 1. The Morgan fingerprint density at radius 3 is 2.23 bits per heavy atom. The van der Waals surface area contributed by atoms with Crippen molar-refractivity contribution in [2.75, 3.05) is 0 Å². The Bertz CT molecular complexity index is 987. The topological polar surface area (TPSA) is 108 Å². The molecule has 0 unspecified atom stereocenters. The van der Waals surface area contributed by atoms with Gasteiger partial charge in [0.15, 0.2) is 5.78 Å². The quantitative estimate of drug-likeness (QED) is 0.647. The molecule has 0 radical (unpaired) electrons. The lowest BCUT2D eigenvalue weighted by atomic mass is 9.49. The van der Waals surface area contributed by atoms with Crippen molar-refractivity contribution in [3.63, 3.8) is 0 Å². The number of pyridine rings is 1. The maximum absolute atomic E-state index is 12.6. The van der Waals surface area contributed by atoms with Gasteiger partial charge in [0, 0.05) is 24.1 Å². The molecule has 1 aromatic heterocycles. The van der Waals surface area contributed by atoms with Gasteiger partial charge in [-0.1, -0.05) is 13.8 Å². The second-order valence-corrected chi connectivity index (χ2v) is 11.4. The SMILES string of the molecule is CC1(C)CC(=O)c2cc(C(=O)NNC(=O)CC34CC5CC(CC(C5)C3)C4)c(=O)[nH]c2C1. The number of carbonyl (C=O) groups excluding carboxylic acids is 3. The molecule has 4 bridgehead atoms. The first-order chi connectivity index (χ1) is 14.6. The Morgan fingerprint density at radius 1 is 1.00 bits per heavy atom. The molecule has 0 atom stereocenters. The van der Waals surface area contributed by atoms with Gasteiger partial charge in [-0.3, -0.25) is 30.0 Å². The van der Waals surface area contributed by atoms with Crippen molar-refractivity contribution in [3.8, 4) is 0 Å². The molecule has 0 aromatic carbocycles. The van der Waals surface area contributed by atoms with Crippen molar-refractivity contribution in [2.24, 2.45) is 28.6 Å². The van der Waals surface area contributed by atoms with E-state index in [0.717, 1.165) is 37.0 Å². The Kier molecular flexibility index (Phi) is 4.65. The van der Waals surface area contributed by atoms with E-state index >= 15 is 0 Å². The molecule has 6 rings (SSSR count). The molecule has 0 saturated heterocycles. The molecule has 2 amide bonds. The van der Waals surface area contributed by atoms with E-state index in [1.54, 1.807) is 0 Å². The number of carbonyl (C=O) groups is 3. The summed E-state index contributed by atoms with van der Waals surface area (Å²) >= 11 is 0. The lowest BCUT2D eigenvalue weighted by Crippen LogP contribution is -2.50. The van der Waals surface area contributed by atoms with Gasteiger partial charge in [0.25, 0.3) is 11.5 Å². The summed E-state index contributed by atoms with van der Waals surface area (Å²) < 4.78 is 0. The molecule has 166 valence electrons. The van der Waals surface area contributed by atoms with Crippen molar-refractivity contribution in [3.05, 3.63) is 33.2 Å². The van der Waals surface area contributed by atoms with Crippen LogP contribution in [0, 0.1) is 28.6 Å². The Labute approximate surface area is 181 Å². The number of aromatic amines is 1. The fourth-order valence-electron chi connectivity index (χ4n) is 7.28. The molecule has 7 heteroatoms. The zero-order chi connectivity index (χ0) is 22.0. The summed E-state index contributed by atoms with van der Waals surface area (Å²) in [7, 11) is 0. The van der Waals surface area contributed by atoms with Gasteiger partial charge in [-0.05, 0) is 79.6 Å². The van der Waals surface area contributed by atoms with E-state index < -0.39 is 11.5 Å². The summed E-state index contributed by atoms with van der Waals surface area (Å²) in [5.74, 6) is 1.28. The monoisotopic (exact) mass is 425 g/mol. The van der Waals surface area contributed by atoms with Crippen LogP contribution in [0.2, 0.25) is 0 Å². The maximum atomic E-state index is 12.6. The van der Waals surface area contributed by atoms with Crippen molar-refractivity contribution < 1.29 is 14.4 Å². The zero-order valence-corrected chi connectivity index (χ0v) is 18.3. The molecule has 5 aliphatic rings. The molecule has 0 aliphatic heterocycles. The number of hydrogen-bond acceptors (Lipinski definition) is 4. The fraction of sp³-hybridized carbons (Fsp3) is 0.667. The first kappa shape index (κ1) is 20.5. The highest BCUT2D eigenvalue weighted by atomic mass is 16.2. The first-order valence-corrected chi connectivity index (χ1v) is 11.5. The molecule has 4 fully saturated rings. The van der Waals surface area contributed by atoms with Crippen LogP contribution in [0.15, 0.2) is 10.9 Å². The van der Waals surface area contributed by atoms with Gasteiger partial charge in [-0.2, -0.15) is 0 Å². The minimum atomic E-state index is -0.694. The van der Waals surface area contributed by atoms with Gasteiger partial charge in [0.05, 0.1) is 0 Å². The number of hydrazine groups is 1. The molecular formula is C24H31N3O4. The molecular weight excluding hydrogens is 394 g/mol. The number of aromatic nitrogens is 1. The number of H-pyrrole nitrogens is 1. The van der Waals surface area contributed by atoms with E-state index in [-0.39, 0.29) is 28.1 Å². The minimum Gasteiger partial charge on any atom is -0.325 e. The molecule has 5 aliphatic carbocycles. The summed E-state index contributed by atoms with van der Waals surface area (Å²) in [6, 6.07) is 1.37. The largest absolute Gasteiger partial charge is 0.325 e. The van der Waals surface area contributed by atoms with Gasteiger partial charge in [0.2, 0.25) is 5.91 Å². The third-order valence-electron chi connectivity index (χ3n) is 7.98. The van der Waals surface area contributed by atoms with Crippen LogP contribution in [0.1, 0.15) is 91.6 Å². The van der Waals surface area contributed by atoms with Crippen molar-refractivity contribution in [1.29, 1.82) is 0 Å². The highest BCUT2D eigenvalue weighted by molar-refractivity contribution is 6.02. The van der Waals surface area contributed by atoms with Crippen LogP contribution in [0.3, 0.4) is 0 Å². The van der Waals surface area contributed by atoms with E-state index in [9.17, 15) is 19.2 Å². The number of rotatable bonds is 3. The molecule has 31 heavy (non-hydrogen) atoms. The molecule has 1 heterocycles. The summed E-state index contributed by atoms with van der Waals surface area (Å²) in [6.45, 7) is 3.96. The van der Waals surface area contributed by atoms with E-state index in [2.05, 4.69) is 15.8 Å². The number of Topliss-reactive ketones (excluding diaryl/α,β-unsaturated/α-hetero) is 1. The second kappa shape index (κ2) is 7.04. The van der Waals surface area contributed by atoms with Gasteiger partial charge in [-0.25, -0.2) is 0 Å². The third kappa shape index (κ3) is 3.83. The Morgan fingerprint density at radius 2 is 1.61 bits per heavy atom. The van der Waals surface area contributed by atoms with E-state index in [1.165, 1.54) is 25.3 Å². The standard InChI is InChI=1S/C24H31N3O4/c1-23(2)10-18-16(19(28)11-23)6-17(21(30)25-18)22(31)27-26-20(29)12-24-7-13-3-14(8-24)5-15(4-13)9-24/h6,13-15H,3-5,7-12H2,1-2H3,(H,25,30)(H,26,29)(H,27,31). The predicted octanol–water partition coefficient (Wildman–Crippen LogP) is 2.90. The smallest absolute Gasteiger partial charge is 0.275 e. The third-order valence-corrected chi connectivity index (χ3v) is 7.98. The van der Waals surface area contributed by atoms with E-state index in [0.29, 0.717) is 30.5 Å². The Hall–Kier alpha value is -2.44. The van der Waals surface area contributed by atoms with E-state index in [4.69, 9.17) is 0 Å². The van der Waals surface area contributed by atoms with Crippen LogP contribution in [-0.2, 0) is 11.2 Å². The average Bonchev–Trinajstić information content (AvgIpc) is 2.63. The van der Waals surface area contributed by atoms with Crippen LogP contribution in [0.5, 0.6) is 0 Å². The zero-order valence-electron chi connectivity index (χ0n) is 18.3. The molecule has 1 aromatic rings. The van der Waals surface area contributed by atoms with Gasteiger partial charge in [0.1, 0.15) is 5.56 Å². The van der Waals surface area contributed by atoms with Crippen LogP contribution >= 0.6 is 0 Å². The van der Waals surface area contributed by atoms with Gasteiger partial charge >= 0.3 is 0 Å². The number of nitrogens with one attached hydrogen (secondary N) is 3. The van der Waals surface area contributed by atoms with Crippen LogP contribution in [-0.4, -0.2) is 22.6 Å². The number of ketones is 1. The Balaban J connectivity index is 1.24. The maximum Gasteiger partial charge on any atom is 0.275 e. The predicted molar refractivity (Wildman–Crippen MR) is 114 cm³/mol. The van der Waals surface area contributed by atoms with Crippen molar-refractivity contribution in [1.82, 2.24) is 15.8 Å². The summed E-state index contributed by atoms with van der Waals surface area (Å²) in [6.07, 6.45) is 8.65. The van der Waals surface area contributed by atoms with Crippen LogP contribution in [0.25, 0.3) is 0 Å². The first-order valence-electron chi connectivity index (χ1n) is 11.5. The number of amides is 2. The average molecular weight is 426 g/mol. The molecule has 0 spiro atoms. The minimum absolute atomic E-state index is 0.0755. The molecule has 3 N–H and O–H groups in total. The summed E-state index contributed by atoms with van der Waals surface area (Å²) in [5, 5.41) is 0. The fourth-order valence-corrected chi connectivity index (χ4v) is 7.28. The molecule has 4 saturated carbocycles. The van der Waals surface area contributed by atoms with Gasteiger partial charge in [-0.15, -0.1) is 0 Å². The molecule has 7 nitrogen and oxygen atoms in total. The van der Waals surface area contributed by atoms with Crippen LogP contribution < -0.4 is 16.4 Å². The van der Waals surface area contributed by atoms with Crippen molar-refractivity contribution >= 4 is 17.6 Å². The highest BCUT2D eigenvalue weighted by Gasteiger charge is 2.51. The second-order valence-electron chi connectivity index (χ2n) is 11.4. The summed E-state index contributed by atoms with van der Waals surface area (Å²) in [5.41, 5.74) is 5.03. The summed E-state index contributed by atoms with van der Waals surface area (Å²) in [4.78, 5) is 52.9. The highest BCUT2D eigenvalue weighted by Crippen LogP contribution is 2.61. The van der Waals surface area contributed by atoms with Crippen LogP contribution in [0.4, 0.5) is 0 Å². The van der Waals surface area contributed by atoms with E-state index in [1.807, 2.05) is 13.8 Å². The lowest BCUT2D eigenvalue weighted by Gasteiger charge is -2.56. The normalized spacial score (nSPS) is 32.5. The van der Waals surface area contributed by atoms with Crippen molar-refractivity contribution in [2.45, 2.75) is 71.6 Å². The lowest BCUT2D eigenvalue weighted by molar-refractivity contribution is -0.130.